The Morgan fingerprint density at radius 2 is 1.89 bits per heavy atom. The van der Waals surface area contributed by atoms with Gasteiger partial charge in [-0.2, -0.15) is 0 Å². The van der Waals surface area contributed by atoms with E-state index in [0.717, 1.165) is 23.2 Å². The van der Waals surface area contributed by atoms with E-state index in [-0.39, 0.29) is 29.9 Å². The summed E-state index contributed by atoms with van der Waals surface area (Å²) in [6.07, 6.45) is 7.42. The number of carbonyl (C=O) groups is 3. The van der Waals surface area contributed by atoms with Crippen molar-refractivity contribution in [2.24, 2.45) is 5.92 Å². The van der Waals surface area contributed by atoms with Gasteiger partial charge in [-0.15, -0.1) is 6.58 Å². The highest BCUT2D eigenvalue weighted by Gasteiger charge is 2.75. The molecule has 1 spiro atoms. The van der Waals surface area contributed by atoms with Gasteiger partial charge in [0.05, 0.1) is 17.5 Å². The first-order valence-electron chi connectivity index (χ1n) is 15.7. The molecular formula is C36H42N2O6. The van der Waals surface area contributed by atoms with Gasteiger partial charge in [-0.05, 0) is 54.9 Å². The van der Waals surface area contributed by atoms with Crippen molar-refractivity contribution in [1.29, 1.82) is 0 Å². The van der Waals surface area contributed by atoms with Gasteiger partial charge in [0.25, 0.3) is 0 Å². The lowest BCUT2D eigenvalue weighted by molar-refractivity contribution is -0.223. The van der Waals surface area contributed by atoms with E-state index in [9.17, 15) is 14.4 Å². The molecule has 2 heterocycles. The zero-order valence-corrected chi connectivity index (χ0v) is 26.1. The fraction of sp³-hybridized carbons (Fsp3) is 0.472. The Labute approximate surface area is 259 Å². The first-order chi connectivity index (χ1) is 21.1. The minimum atomic E-state index is -0.874. The fourth-order valence-corrected chi connectivity index (χ4v) is 8.58. The zero-order valence-electron chi connectivity index (χ0n) is 26.1. The Kier molecular flexibility index (Phi) is 7.91. The normalized spacial score (nSPS) is 28.2. The largest absolute Gasteiger partial charge is 0.483 e. The topological polar surface area (TPSA) is 85.4 Å². The molecule has 2 fully saturated rings. The number of esters is 2. The van der Waals surface area contributed by atoms with Crippen LogP contribution in [0.25, 0.3) is 6.08 Å². The lowest BCUT2D eigenvalue weighted by Crippen LogP contribution is -2.79. The summed E-state index contributed by atoms with van der Waals surface area (Å²) in [4.78, 5) is 43.5. The molecule has 1 saturated heterocycles. The van der Waals surface area contributed by atoms with Crippen LogP contribution in [-0.4, -0.2) is 71.1 Å². The minimum Gasteiger partial charge on any atom is -0.483 e. The van der Waals surface area contributed by atoms with Gasteiger partial charge >= 0.3 is 11.9 Å². The molecule has 2 aliphatic carbocycles. The Morgan fingerprint density at radius 3 is 2.57 bits per heavy atom. The molecule has 0 aromatic heterocycles. The monoisotopic (exact) mass is 598 g/mol. The molecule has 44 heavy (non-hydrogen) atoms. The molecule has 2 aliphatic heterocycles. The summed E-state index contributed by atoms with van der Waals surface area (Å²) in [5.74, 6) is 0.274. The molecule has 6 rings (SSSR count). The molecule has 8 nitrogen and oxygen atoms in total. The van der Waals surface area contributed by atoms with E-state index in [4.69, 9.17) is 14.2 Å². The van der Waals surface area contributed by atoms with Crippen LogP contribution in [-0.2, 0) is 31.0 Å². The van der Waals surface area contributed by atoms with Crippen molar-refractivity contribution in [3.63, 3.8) is 0 Å². The molecule has 232 valence electrons. The Balaban J connectivity index is 1.51. The van der Waals surface area contributed by atoms with Crippen molar-refractivity contribution in [3.8, 4) is 11.5 Å². The fourth-order valence-electron chi connectivity index (χ4n) is 8.58. The van der Waals surface area contributed by atoms with Crippen LogP contribution in [0, 0.1) is 5.92 Å². The number of carbonyl (C=O) groups excluding carboxylic acids is 3. The summed E-state index contributed by atoms with van der Waals surface area (Å²) in [5, 5.41) is 0. The highest BCUT2D eigenvalue weighted by atomic mass is 16.6. The standard InChI is InChI=1S/C36H42N2O6/c1-6-19-37-20-18-35-32-27-13-14-29(42-24(4)39)33(32)43-34(35)28(16-17-36(35,30(37)21-27)44-25(5)40)38(22-23(2)3)31(41)15-12-26-10-8-7-9-11-26/h6-15,23,28,30,34H,1,16-22H2,2-5H3/b15-12+/t28?,30-,34?,35+,36-/m1/s1. The zero-order chi connectivity index (χ0) is 31.2. The van der Waals surface area contributed by atoms with Crippen LogP contribution in [0.3, 0.4) is 0 Å². The molecular weight excluding hydrogens is 556 g/mol. The van der Waals surface area contributed by atoms with E-state index < -0.39 is 23.1 Å². The maximum absolute atomic E-state index is 14.1. The van der Waals surface area contributed by atoms with Gasteiger partial charge in [0.2, 0.25) is 5.91 Å². The van der Waals surface area contributed by atoms with Gasteiger partial charge in [0.15, 0.2) is 11.5 Å². The van der Waals surface area contributed by atoms with E-state index in [1.807, 2.05) is 59.5 Å². The van der Waals surface area contributed by atoms with Crippen molar-refractivity contribution in [3.05, 3.63) is 77.9 Å². The second-order valence-electron chi connectivity index (χ2n) is 13.0. The third-order valence-corrected chi connectivity index (χ3v) is 9.89. The number of piperidine rings is 1. The van der Waals surface area contributed by atoms with E-state index in [0.29, 0.717) is 50.3 Å². The molecule has 0 N–H and O–H groups in total. The first-order valence-corrected chi connectivity index (χ1v) is 15.7. The second kappa shape index (κ2) is 11.5. The van der Waals surface area contributed by atoms with Gasteiger partial charge in [0.1, 0.15) is 11.7 Å². The van der Waals surface area contributed by atoms with Crippen molar-refractivity contribution in [2.75, 3.05) is 19.6 Å². The molecule has 2 aromatic rings. The summed E-state index contributed by atoms with van der Waals surface area (Å²) in [5.41, 5.74) is 1.43. The molecule has 8 heteroatoms. The summed E-state index contributed by atoms with van der Waals surface area (Å²) >= 11 is 0. The molecule has 5 atom stereocenters. The van der Waals surface area contributed by atoms with E-state index in [1.54, 1.807) is 6.08 Å². The molecule has 2 bridgehead atoms. The maximum atomic E-state index is 14.1. The Bertz CT molecular complexity index is 1500. The summed E-state index contributed by atoms with van der Waals surface area (Å²) in [7, 11) is 0. The second-order valence-corrected chi connectivity index (χ2v) is 13.0. The van der Waals surface area contributed by atoms with Crippen LogP contribution in [0.2, 0.25) is 0 Å². The molecule has 2 aromatic carbocycles. The Morgan fingerprint density at radius 1 is 1.11 bits per heavy atom. The van der Waals surface area contributed by atoms with Gasteiger partial charge in [-0.1, -0.05) is 56.3 Å². The lowest BCUT2D eigenvalue weighted by atomic mass is 9.48. The third-order valence-electron chi connectivity index (χ3n) is 9.89. The van der Waals surface area contributed by atoms with E-state index in [1.165, 1.54) is 13.8 Å². The highest BCUT2D eigenvalue weighted by molar-refractivity contribution is 5.92. The average molecular weight is 599 g/mol. The number of benzene rings is 2. The average Bonchev–Trinajstić information content (AvgIpc) is 3.33. The van der Waals surface area contributed by atoms with Crippen molar-refractivity contribution < 1.29 is 28.6 Å². The molecule has 0 radical (unpaired) electrons. The summed E-state index contributed by atoms with van der Waals surface area (Å²) in [6, 6.07) is 13.2. The minimum absolute atomic E-state index is 0.0830. The number of rotatable bonds is 9. The quantitative estimate of drug-likeness (QED) is 0.172. The molecule has 2 unspecified atom stereocenters. The smallest absolute Gasteiger partial charge is 0.308 e. The SMILES string of the molecule is C=CCN1CC[C@]23c4c5ccc(OC(C)=O)c4OC2C(N(CC(C)C)C(=O)/C=C/c2ccccc2)CC[C@@]3(OC(C)=O)[C@H]1C5. The van der Waals surface area contributed by atoms with Crippen LogP contribution < -0.4 is 9.47 Å². The van der Waals surface area contributed by atoms with E-state index >= 15 is 0 Å². The van der Waals surface area contributed by atoms with Crippen LogP contribution >= 0.6 is 0 Å². The number of ether oxygens (including phenoxy) is 3. The van der Waals surface area contributed by atoms with Gasteiger partial charge < -0.3 is 19.1 Å². The van der Waals surface area contributed by atoms with Gasteiger partial charge in [-0.25, -0.2) is 0 Å². The number of hydrogen-bond donors (Lipinski definition) is 0. The number of hydrogen-bond acceptors (Lipinski definition) is 7. The van der Waals surface area contributed by atoms with Crippen LogP contribution in [0.4, 0.5) is 0 Å². The summed E-state index contributed by atoms with van der Waals surface area (Å²) < 4.78 is 19.2. The van der Waals surface area contributed by atoms with Crippen LogP contribution in [0.5, 0.6) is 11.5 Å². The number of amides is 1. The summed E-state index contributed by atoms with van der Waals surface area (Å²) in [6.45, 7) is 13.1. The van der Waals surface area contributed by atoms with Crippen LogP contribution in [0.1, 0.15) is 63.6 Å². The molecule has 4 aliphatic rings. The van der Waals surface area contributed by atoms with Gasteiger partial charge in [0, 0.05) is 45.1 Å². The van der Waals surface area contributed by atoms with Crippen molar-refractivity contribution >= 4 is 23.9 Å². The first kappa shape index (κ1) is 30.1. The third kappa shape index (κ3) is 4.74. The van der Waals surface area contributed by atoms with Gasteiger partial charge in [-0.3, -0.25) is 19.3 Å². The van der Waals surface area contributed by atoms with E-state index in [2.05, 4.69) is 25.3 Å². The van der Waals surface area contributed by atoms with Crippen molar-refractivity contribution in [1.82, 2.24) is 9.80 Å². The molecule has 1 amide bonds. The maximum Gasteiger partial charge on any atom is 0.308 e. The number of likely N-dealkylation sites (tertiary alicyclic amines) is 1. The lowest BCUT2D eigenvalue weighted by Gasteiger charge is -2.65. The number of nitrogens with zero attached hydrogens (tertiary/aromatic N) is 2. The Hall–Kier alpha value is -3.91. The predicted molar refractivity (Wildman–Crippen MR) is 167 cm³/mol. The van der Waals surface area contributed by atoms with Crippen molar-refractivity contribution in [2.45, 2.75) is 82.6 Å². The van der Waals surface area contributed by atoms with Crippen LogP contribution in [0.15, 0.2) is 61.2 Å². The molecule has 1 saturated carbocycles. The highest BCUT2D eigenvalue weighted by Crippen LogP contribution is 2.67. The predicted octanol–water partition coefficient (Wildman–Crippen LogP) is 5.09.